The van der Waals surface area contributed by atoms with Crippen molar-refractivity contribution in [3.8, 4) is 17.0 Å². The average Bonchev–Trinajstić information content (AvgIpc) is 2.70. The fourth-order valence-electron chi connectivity index (χ4n) is 3.31. The number of hydrogen-bond acceptors (Lipinski definition) is 5. The van der Waals surface area contributed by atoms with E-state index >= 15 is 0 Å². The first-order valence-corrected chi connectivity index (χ1v) is 9.50. The van der Waals surface area contributed by atoms with Crippen LogP contribution in [0, 0.1) is 11.7 Å². The lowest BCUT2D eigenvalue weighted by molar-refractivity contribution is 0.0694. The van der Waals surface area contributed by atoms with E-state index < -0.39 is 28.8 Å². The first-order chi connectivity index (χ1) is 14.2. The number of carbonyl (C=O) groups is 1. The number of fused-ring (bicyclic) bond motifs is 1. The van der Waals surface area contributed by atoms with Gasteiger partial charge in [-0.15, -0.1) is 0 Å². The third kappa shape index (κ3) is 3.76. The molecule has 1 aromatic carbocycles. The van der Waals surface area contributed by atoms with E-state index in [2.05, 4.69) is 4.98 Å². The van der Waals surface area contributed by atoms with Gasteiger partial charge < -0.3 is 19.5 Å². The molecular formula is C21H20ClFN2O5. The Hall–Kier alpha value is -2.97. The lowest BCUT2D eigenvalue weighted by Gasteiger charge is -2.24. The Bertz CT molecular complexity index is 1190. The van der Waals surface area contributed by atoms with E-state index in [-0.39, 0.29) is 34.5 Å². The Morgan fingerprint density at radius 1 is 1.33 bits per heavy atom. The standard InChI is InChI=1S/C21H20ClFN2O5/c1-10(2)17(9-26)25-8-14(21(28)29)18(27)13-7-12(20(30-3)24-19(13)25)11-4-5-15(22)16(23)6-11/h4-8,10,17,26H,9H2,1-3H3,(H,28,29)/t17-/m1/s1. The van der Waals surface area contributed by atoms with Crippen molar-refractivity contribution in [2.45, 2.75) is 19.9 Å². The molecule has 0 aliphatic heterocycles. The predicted molar refractivity (Wildman–Crippen MR) is 111 cm³/mol. The molecule has 0 saturated heterocycles. The molecule has 2 N–H and O–H groups in total. The van der Waals surface area contributed by atoms with Gasteiger partial charge in [0.05, 0.1) is 30.2 Å². The number of benzene rings is 1. The Morgan fingerprint density at radius 3 is 2.57 bits per heavy atom. The topological polar surface area (TPSA) is 102 Å². The highest BCUT2D eigenvalue weighted by molar-refractivity contribution is 6.30. The summed E-state index contributed by atoms with van der Waals surface area (Å²) in [5.41, 5.74) is -0.371. The maximum absolute atomic E-state index is 14.0. The van der Waals surface area contributed by atoms with Gasteiger partial charge in [-0.1, -0.05) is 31.5 Å². The molecule has 2 aromatic heterocycles. The molecule has 0 aliphatic rings. The molecule has 0 fully saturated rings. The number of pyridine rings is 2. The van der Waals surface area contributed by atoms with Crippen LogP contribution in [0.25, 0.3) is 22.2 Å². The predicted octanol–water partition coefficient (Wildman–Crippen LogP) is 3.75. The van der Waals surface area contributed by atoms with E-state index in [4.69, 9.17) is 16.3 Å². The molecule has 30 heavy (non-hydrogen) atoms. The Kier molecular flexibility index (Phi) is 6.09. The summed E-state index contributed by atoms with van der Waals surface area (Å²) in [6.45, 7) is 3.42. The zero-order valence-corrected chi connectivity index (χ0v) is 17.3. The summed E-state index contributed by atoms with van der Waals surface area (Å²) in [6.07, 6.45) is 1.18. The third-order valence-electron chi connectivity index (χ3n) is 4.94. The monoisotopic (exact) mass is 434 g/mol. The first kappa shape index (κ1) is 21.7. The minimum atomic E-state index is -1.40. The van der Waals surface area contributed by atoms with Gasteiger partial charge in [-0.3, -0.25) is 4.79 Å². The second-order valence-electron chi connectivity index (χ2n) is 7.12. The number of aliphatic hydroxyl groups excluding tert-OH is 1. The molecule has 9 heteroatoms. The first-order valence-electron chi connectivity index (χ1n) is 9.13. The summed E-state index contributed by atoms with van der Waals surface area (Å²) < 4.78 is 20.8. The summed E-state index contributed by atoms with van der Waals surface area (Å²) in [6, 6.07) is 4.98. The largest absolute Gasteiger partial charge is 0.480 e. The van der Waals surface area contributed by atoms with Crippen molar-refractivity contribution in [2.24, 2.45) is 5.92 Å². The number of rotatable bonds is 6. The number of methoxy groups -OCH3 is 1. The van der Waals surface area contributed by atoms with Crippen molar-refractivity contribution in [1.29, 1.82) is 0 Å². The number of aliphatic hydroxyl groups is 1. The van der Waals surface area contributed by atoms with Crippen molar-refractivity contribution in [3.63, 3.8) is 0 Å². The van der Waals surface area contributed by atoms with Crippen LogP contribution in [0.4, 0.5) is 4.39 Å². The number of carboxylic acids is 1. The lowest BCUT2D eigenvalue weighted by Crippen LogP contribution is -2.26. The minimum absolute atomic E-state index is 0.0140. The molecular weight excluding hydrogens is 415 g/mol. The molecule has 3 aromatic rings. The van der Waals surface area contributed by atoms with Gasteiger partial charge in [0, 0.05) is 11.8 Å². The quantitative estimate of drug-likeness (QED) is 0.612. The maximum Gasteiger partial charge on any atom is 0.341 e. The van der Waals surface area contributed by atoms with Gasteiger partial charge in [-0.25, -0.2) is 9.18 Å². The van der Waals surface area contributed by atoms with E-state index in [9.17, 15) is 24.2 Å². The third-order valence-corrected chi connectivity index (χ3v) is 5.24. The number of ether oxygens (including phenoxy) is 1. The van der Waals surface area contributed by atoms with E-state index in [0.29, 0.717) is 11.1 Å². The normalized spacial score (nSPS) is 12.4. The SMILES string of the molecule is COc1nc2c(cc1-c1ccc(Cl)c(F)c1)c(=O)c(C(=O)O)cn2[C@H](CO)C(C)C. The smallest absolute Gasteiger partial charge is 0.341 e. The Labute approximate surface area is 176 Å². The van der Waals surface area contributed by atoms with Crippen molar-refractivity contribution in [3.05, 3.63) is 57.1 Å². The number of halogens is 2. The van der Waals surface area contributed by atoms with E-state index in [1.807, 2.05) is 13.8 Å². The van der Waals surface area contributed by atoms with Gasteiger partial charge >= 0.3 is 5.97 Å². The van der Waals surface area contributed by atoms with Crippen LogP contribution in [-0.4, -0.2) is 39.5 Å². The summed E-state index contributed by atoms with van der Waals surface area (Å²) in [4.78, 5) is 29.0. The average molecular weight is 435 g/mol. The van der Waals surface area contributed by atoms with Crippen LogP contribution in [0.1, 0.15) is 30.2 Å². The molecule has 0 aliphatic carbocycles. The van der Waals surface area contributed by atoms with E-state index in [0.717, 1.165) is 0 Å². The fourth-order valence-corrected chi connectivity index (χ4v) is 3.42. The summed E-state index contributed by atoms with van der Waals surface area (Å²) >= 11 is 5.75. The maximum atomic E-state index is 14.0. The molecule has 0 amide bonds. The molecule has 0 saturated carbocycles. The van der Waals surface area contributed by atoms with Crippen LogP contribution in [0.2, 0.25) is 5.02 Å². The van der Waals surface area contributed by atoms with Crippen LogP contribution < -0.4 is 10.2 Å². The number of aromatic nitrogens is 2. The minimum Gasteiger partial charge on any atom is -0.480 e. The van der Waals surface area contributed by atoms with Gasteiger partial charge in [-0.2, -0.15) is 4.98 Å². The van der Waals surface area contributed by atoms with Gasteiger partial charge in [0.1, 0.15) is 17.0 Å². The molecule has 2 heterocycles. The van der Waals surface area contributed by atoms with Gasteiger partial charge in [0.15, 0.2) is 0 Å². The summed E-state index contributed by atoms with van der Waals surface area (Å²) in [5, 5.41) is 19.3. The zero-order chi connectivity index (χ0) is 22.2. The Morgan fingerprint density at radius 2 is 2.03 bits per heavy atom. The molecule has 0 bridgehead atoms. The number of nitrogens with zero attached hydrogens (tertiary/aromatic N) is 2. The van der Waals surface area contributed by atoms with Crippen LogP contribution >= 0.6 is 11.6 Å². The lowest BCUT2D eigenvalue weighted by atomic mass is 10.0. The zero-order valence-electron chi connectivity index (χ0n) is 16.5. The molecule has 3 rings (SSSR count). The number of carboxylic acid groups (broad SMARTS) is 1. The van der Waals surface area contributed by atoms with Crippen molar-refractivity contribution in [1.82, 2.24) is 9.55 Å². The van der Waals surface area contributed by atoms with E-state index in [1.165, 1.54) is 36.1 Å². The molecule has 158 valence electrons. The molecule has 0 unspecified atom stereocenters. The molecule has 0 spiro atoms. The number of hydrogen-bond donors (Lipinski definition) is 2. The highest BCUT2D eigenvalue weighted by Crippen LogP contribution is 2.33. The van der Waals surface area contributed by atoms with Gasteiger partial charge in [0.25, 0.3) is 0 Å². The van der Waals surface area contributed by atoms with Crippen LogP contribution in [0.5, 0.6) is 5.88 Å². The molecule has 7 nitrogen and oxygen atoms in total. The van der Waals surface area contributed by atoms with Crippen molar-refractivity contribution >= 4 is 28.6 Å². The van der Waals surface area contributed by atoms with Gasteiger partial charge in [0.2, 0.25) is 11.3 Å². The summed E-state index contributed by atoms with van der Waals surface area (Å²) in [7, 11) is 1.38. The highest BCUT2D eigenvalue weighted by Gasteiger charge is 2.24. The second kappa shape index (κ2) is 8.41. The van der Waals surface area contributed by atoms with E-state index in [1.54, 1.807) is 6.07 Å². The summed E-state index contributed by atoms with van der Waals surface area (Å²) in [5.74, 6) is -2.03. The van der Waals surface area contributed by atoms with Crippen molar-refractivity contribution in [2.75, 3.05) is 13.7 Å². The van der Waals surface area contributed by atoms with Crippen molar-refractivity contribution < 1.29 is 24.1 Å². The van der Waals surface area contributed by atoms with Crippen LogP contribution in [0.15, 0.2) is 35.3 Å². The molecule has 1 atom stereocenters. The van der Waals surface area contributed by atoms with Crippen LogP contribution in [-0.2, 0) is 0 Å². The molecule has 0 radical (unpaired) electrons. The Balaban J connectivity index is 2.43. The van der Waals surface area contributed by atoms with Gasteiger partial charge in [-0.05, 0) is 29.7 Å². The number of aromatic carboxylic acids is 1. The second-order valence-corrected chi connectivity index (χ2v) is 7.53. The van der Waals surface area contributed by atoms with Crippen LogP contribution in [0.3, 0.4) is 0 Å². The fraction of sp³-hybridized carbons (Fsp3) is 0.286. The highest BCUT2D eigenvalue weighted by atomic mass is 35.5.